The smallest absolute Gasteiger partial charge is 0.0633 e. The Bertz CT molecular complexity index is 516. The van der Waals surface area contributed by atoms with Gasteiger partial charge >= 0.3 is 0 Å². The maximum absolute atomic E-state index is 5.95. The summed E-state index contributed by atoms with van der Waals surface area (Å²) in [7, 11) is 1.92. The Morgan fingerprint density at radius 2 is 2.00 bits per heavy atom. The van der Waals surface area contributed by atoms with E-state index in [1.54, 1.807) is 6.20 Å². The van der Waals surface area contributed by atoms with E-state index in [-0.39, 0.29) is 0 Å². The van der Waals surface area contributed by atoms with Crippen LogP contribution >= 0.6 is 43.5 Å². The molecule has 17 heavy (non-hydrogen) atoms. The Balaban J connectivity index is 2.17. The molecule has 0 fully saturated rings. The first-order chi connectivity index (χ1) is 8.08. The molecule has 0 aliphatic rings. The van der Waals surface area contributed by atoms with E-state index in [0.29, 0.717) is 11.6 Å². The number of anilines is 1. The highest BCUT2D eigenvalue weighted by Crippen LogP contribution is 2.34. The lowest BCUT2D eigenvalue weighted by Crippen LogP contribution is -2.06. The number of nitrogens with zero attached hydrogens (tertiary/aromatic N) is 2. The summed E-state index contributed by atoms with van der Waals surface area (Å²) in [6.07, 6.45) is 1.78. The van der Waals surface area contributed by atoms with E-state index in [1.165, 1.54) is 0 Å². The van der Waals surface area contributed by atoms with E-state index in [9.17, 15) is 0 Å². The highest BCUT2D eigenvalue weighted by atomic mass is 79.9. The maximum atomic E-state index is 5.95. The number of nitrogens with one attached hydrogen (secondary N) is 1. The van der Waals surface area contributed by atoms with Gasteiger partial charge in [-0.1, -0.05) is 11.6 Å². The van der Waals surface area contributed by atoms with E-state index in [1.807, 2.05) is 29.9 Å². The first-order valence-electron chi connectivity index (χ1n) is 4.93. The van der Waals surface area contributed by atoms with Gasteiger partial charge < -0.3 is 5.32 Å². The van der Waals surface area contributed by atoms with Gasteiger partial charge in [-0.15, -0.1) is 0 Å². The van der Waals surface area contributed by atoms with Crippen molar-refractivity contribution in [3.05, 3.63) is 44.1 Å². The SMILES string of the molecule is Cn1nccc1CNc1c(Br)cc(Cl)cc1Br. The fraction of sp³-hybridized carbons (Fsp3) is 0.182. The average molecular weight is 379 g/mol. The Labute approximate surface area is 121 Å². The molecule has 0 unspecified atom stereocenters. The molecule has 90 valence electrons. The van der Waals surface area contributed by atoms with Crippen molar-refractivity contribution in [2.24, 2.45) is 7.05 Å². The number of aromatic nitrogens is 2. The minimum absolute atomic E-state index is 0.690. The van der Waals surface area contributed by atoms with Gasteiger partial charge in [0.2, 0.25) is 0 Å². The molecule has 0 radical (unpaired) electrons. The van der Waals surface area contributed by atoms with E-state index >= 15 is 0 Å². The van der Waals surface area contributed by atoms with Crippen LogP contribution in [0.4, 0.5) is 5.69 Å². The third-order valence-electron chi connectivity index (χ3n) is 2.38. The monoisotopic (exact) mass is 377 g/mol. The lowest BCUT2D eigenvalue weighted by Gasteiger charge is -2.11. The Kier molecular flexibility index (Phi) is 4.12. The highest BCUT2D eigenvalue weighted by molar-refractivity contribution is 9.11. The molecule has 0 aliphatic heterocycles. The van der Waals surface area contributed by atoms with Crippen LogP contribution in [0.5, 0.6) is 0 Å². The average Bonchev–Trinajstić information content (AvgIpc) is 2.62. The number of hydrogen-bond acceptors (Lipinski definition) is 2. The lowest BCUT2D eigenvalue weighted by molar-refractivity contribution is 0.720. The van der Waals surface area contributed by atoms with Crippen LogP contribution in [0, 0.1) is 0 Å². The zero-order chi connectivity index (χ0) is 12.4. The van der Waals surface area contributed by atoms with Gasteiger partial charge in [0.15, 0.2) is 0 Å². The second kappa shape index (κ2) is 5.42. The second-order valence-corrected chi connectivity index (χ2v) is 5.69. The maximum Gasteiger partial charge on any atom is 0.0633 e. The van der Waals surface area contributed by atoms with Crippen LogP contribution in [0.1, 0.15) is 5.69 Å². The molecular weight excluding hydrogens is 369 g/mol. The Hall–Kier alpha value is -0.520. The molecule has 0 bridgehead atoms. The summed E-state index contributed by atoms with van der Waals surface area (Å²) in [4.78, 5) is 0. The van der Waals surface area contributed by atoms with Gasteiger partial charge in [-0.3, -0.25) is 4.68 Å². The molecule has 2 rings (SSSR count). The summed E-state index contributed by atoms with van der Waals surface area (Å²) >= 11 is 12.9. The number of hydrogen-bond donors (Lipinski definition) is 1. The summed E-state index contributed by atoms with van der Waals surface area (Å²) in [6.45, 7) is 0.704. The van der Waals surface area contributed by atoms with E-state index < -0.39 is 0 Å². The topological polar surface area (TPSA) is 29.9 Å². The van der Waals surface area contributed by atoms with Gasteiger partial charge in [0.1, 0.15) is 0 Å². The van der Waals surface area contributed by atoms with Gasteiger partial charge in [-0.25, -0.2) is 0 Å². The van der Waals surface area contributed by atoms with Crippen molar-refractivity contribution in [2.75, 3.05) is 5.32 Å². The van der Waals surface area contributed by atoms with Crippen molar-refractivity contribution >= 4 is 49.1 Å². The quantitative estimate of drug-likeness (QED) is 0.866. The van der Waals surface area contributed by atoms with Gasteiger partial charge in [-0.2, -0.15) is 5.10 Å². The molecule has 1 N–H and O–H groups in total. The molecule has 6 heteroatoms. The molecule has 0 spiro atoms. The molecule has 0 amide bonds. The minimum atomic E-state index is 0.690. The molecule has 0 saturated heterocycles. The zero-order valence-corrected chi connectivity index (χ0v) is 13.0. The molecule has 1 aromatic carbocycles. The molecule has 0 atom stereocenters. The predicted octanol–water partition coefficient (Wildman–Crippen LogP) is 4.21. The molecule has 0 aliphatic carbocycles. The van der Waals surface area contributed by atoms with Crippen molar-refractivity contribution in [1.82, 2.24) is 9.78 Å². The summed E-state index contributed by atoms with van der Waals surface area (Å²) in [5.41, 5.74) is 2.09. The number of aryl methyl sites for hydroxylation is 1. The molecule has 1 heterocycles. The second-order valence-electron chi connectivity index (χ2n) is 3.54. The van der Waals surface area contributed by atoms with Crippen LogP contribution in [0.15, 0.2) is 33.3 Å². The third-order valence-corrected chi connectivity index (χ3v) is 3.84. The number of benzene rings is 1. The largest absolute Gasteiger partial charge is 0.378 e. The standard InChI is InChI=1S/C11H10Br2ClN3/c1-17-8(2-3-16-17)6-15-11-9(12)4-7(14)5-10(11)13/h2-5,15H,6H2,1H3. The number of halogens is 3. The van der Waals surface area contributed by atoms with Crippen LogP contribution in [0.25, 0.3) is 0 Å². The summed E-state index contributed by atoms with van der Waals surface area (Å²) in [5.74, 6) is 0. The minimum Gasteiger partial charge on any atom is -0.378 e. The predicted molar refractivity (Wildman–Crippen MR) is 77.4 cm³/mol. The molecular formula is C11H10Br2ClN3. The fourth-order valence-electron chi connectivity index (χ4n) is 1.46. The van der Waals surface area contributed by atoms with Crippen LogP contribution in [0.3, 0.4) is 0 Å². The normalized spacial score (nSPS) is 10.6. The van der Waals surface area contributed by atoms with Crippen molar-refractivity contribution in [1.29, 1.82) is 0 Å². The molecule has 1 aromatic heterocycles. The highest BCUT2D eigenvalue weighted by Gasteiger charge is 2.07. The van der Waals surface area contributed by atoms with Crippen LogP contribution < -0.4 is 5.32 Å². The van der Waals surface area contributed by atoms with Crippen molar-refractivity contribution < 1.29 is 0 Å². The van der Waals surface area contributed by atoms with Crippen molar-refractivity contribution in [2.45, 2.75) is 6.54 Å². The van der Waals surface area contributed by atoms with Crippen LogP contribution in [-0.2, 0) is 13.6 Å². The van der Waals surface area contributed by atoms with E-state index in [4.69, 9.17) is 11.6 Å². The van der Waals surface area contributed by atoms with Crippen LogP contribution in [0.2, 0.25) is 5.02 Å². The van der Waals surface area contributed by atoms with E-state index in [2.05, 4.69) is 42.3 Å². The van der Waals surface area contributed by atoms with Crippen molar-refractivity contribution in [3.8, 4) is 0 Å². The fourth-order valence-corrected chi connectivity index (χ4v) is 3.41. The molecule has 3 nitrogen and oxygen atoms in total. The summed E-state index contributed by atoms with van der Waals surface area (Å²) in [5, 5.41) is 8.15. The van der Waals surface area contributed by atoms with Gasteiger partial charge in [0, 0.05) is 27.2 Å². The van der Waals surface area contributed by atoms with Gasteiger partial charge in [0.25, 0.3) is 0 Å². The first kappa shape index (κ1) is 12.9. The van der Waals surface area contributed by atoms with E-state index in [0.717, 1.165) is 20.3 Å². The summed E-state index contributed by atoms with van der Waals surface area (Å²) in [6, 6.07) is 5.69. The van der Waals surface area contributed by atoms with Crippen LogP contribution in [-0.4, -0.2) is 9.78 Å². The third kappa shape index (κ3) is 3.03. The lowest BCUT2D eigenvalue weighted by atomic mass is 10.3. The Morgan fingerprint density at radius 1 is 1.35 bits per heavy atom. The van der Waals surface area contributed by atoms with Crippen molar-refractivity contribution in [3.63, 3.8) is 0 Å². The summed E-state index contributed by atoms with van der Waals surface area (Å²) < 4.78 is 3.70. The zero-order valence-electron chi connectivity index (χ0n) is 9.04. The number of rotatable bonds is 3. The Morgan fingerprint density at radius 3 is 2.53 bits per heavy atom. The first-order valence-corrected chi connectivity index (χ1v) is 6.89. The van der Waals surface area contributed by atoms with Gasteiger partial charge in [-0.05, 0) is 50.1 Å². The molecule has 2 aromatic rings. The molecule has 0 saturated carbocycles. The van der Waals surface area contributed by atoms with Gasteiger partial charge in [0.05, 0.1) is 17.9 Å².